The fraction of sp³-hybridized carbons (Fsp3) is 0.364. The highest BCUT2D eigenvalue weighted by Gasteiger charge is 2.22. The van der Waals surface area contributed by atoms with E-state index < -0.39 is 5.92 Å². The molecule has 0 aliphatic heterocycles. The first-order valence-electron chi connectivity index (χ1n) is 4.55. The highest BCUT2D eigenvalue weighted by atomic mass is 16.5. The van der Waals surface area contributed by atoms with Crippen LogP contribution < -0.4 is 0 Å². The van der Waals surface area contributed by atoms with Crippen molar-refractivity contribution < 1.29 is 14.3 Å². The zero-order valence-electron chi connectivity index (χ0n) is 8.40. The summed E-state index contributed by atoms with van der Waals surface area (Å²) in [4.78, 5) is 11.5. The number of ether oxygens (including phenoxy) is 2. The second-order valence-electron chi connectivity index (χ2n) is 2.77. The van der Waals surface area contributed by atoms with Gasteiger partial charge in [-0.2, -0.15) is 0 Å². The van der Waals surface area contributed by atoms with Crippen LogP contribution in [0.1, 0.15) is 6.92 Å². The van der Waals surface area contributed by atoms with Crippen molar-refractivity contribution in [3.63, 3.8) is 0 Å². The minimum Gasteiger partial charge on any atom is -0.500 e. The maximum atomic E-state index is 11.5. The second kappa shape index (κ2) is 5.27. The van der Waals surface area contributed by atoms with E-state index in [9.17, 15) is 4.79 Å². The minimum atomic E-state index is -0.421. The fourth-order valence-electron chi connectivity index (χ4n) is 1.21. The molecule has 0 heterocycles. The van der Waals surface area contributed by atoms with E-state index in [2.05, 4.69) is 0 Å². The van der Waals surface area contributed by atoms with Crippen LogP contribution in [0.2, 0.25) is 0 Å². The Hall–Kier alpha value is -1.51. The largest absolute Gasteiger partial charge is 0.500 e. The van der Waals surface area contributed by atoms with E-state index in [0.29, 0.717) is 12.4 Å². The number of hydrogen-bond donors (Lipinski definition) is 0. The Morgan fingerprint density at radius 2 is 2.21 bits per heavy atom. The summed E-state index contributed by atoms with van der Waals surface area (Å²) in [6.07, 6.45) is 9.01. The molecule has 1 unspecified atom stereocenters. The molecule has 0 aromatic carbocycles. The summed E-state index contributed by atoms with van der Waals surface area (Å²) in [7, 11) is 1.55. The molecule has 0 amide bonds. The van der Waals surface area contributed by atoms with Crippen LogP contribution in [-0.2, 0) is 14.3 Å². The molecule has 1 rings (SSSR count). The molecule has 1 atom stereocenters. The lowest BCUT2D eigenvalue weighted by molar-refractivity contribution is -0.146. The standard InChI is InChI=1S/C11H14O3/c1-3-14-11(12)9-7-5-4-6-8-10(9)13-2/h4-9H,3H2,1-2H3. The lowest BCUT2D eigenvalue weighted by Crippen LogP contribution is -2.18. The monoisotopic (exact) mass is 194 g/mol. The first kappa shape index (κ1) is 10.6. The SMILES string of the molecule is CCOC(=O)C1C=CC=CC=C1OC. The van der Waals surface area contributed by atoms with E-state index in [1.807, 2.05) is 18.2 Å². The molecule has 1 aliphatic carbocycles. The van der Waals surface area contributed by atoms with Gasteiger partial charge < -0.3 is 9.47 Å². The van der Waals surface area contributed by atoms with Crippen LogP contribution in [0.15, 0.2) is 36.1 Å². The topological polar surface area (TPSA) is 35.5 Å². The van der Waals surface area contributed by atoms with E-state index in [1.54, 1.807) is 26.2 Å². The first-order valence-corrected chi connectivity index (χ1v) is 4.55. The fourth-order valence-corrected chi connectivity index (χ4v) is 1.21. The predicted molar refractivity (Wildman–Crippen MR) is 53.5 cm³/mol. The Balaban J connectivity index is 2.79. The molecule has 3 nitrogen and oxygen atoms in total. The van der Waals surface area contributed by atoms with Crippen LogP contribution >= 0.6 is 0 Å². The van der Waals surface area contributed by atoms with Crippen LogP contribution in [0.3, 0.4) is 0 Å². The first-order chi connectivity index (χ1) is 6.79. The highest BCUT2D eigenvalue weighted by Crippen LogP contribution is 2.17. The molecule has 0 radical (unpaired) electrons. The van der Waals surface area contributed by atoms with Crippen LogP contribution in [0.25, 0.3) is 0 Å². The van der Waals surface area contributed by atoms with Crippen LogP contribution in [-0.4, -0.2) is 19.7 Å². The molecule has 0 saturated heterocycles. The van der Waals surface area contributed by atoms with Gasteiger partial charge in [0.05, 0.1) is 13.7 Å². The van der Waals surface area contributed by atoms with Crippen molar-refractivity contribution in [1.29, 1.82) is 0 Å². The Bertz CT molecular complexity index is 287. The van der Waals surface area contributed by atoms with E-state index in [0.717, 1.165) is 0 Å². The number of hydrogen-bond acceptors (Lipinski definition) is 3. The van der Waals surface area contributed by atoms with Crippen molar-refractivity contribution in [2.75, 3.05) is 13.7 Å². The van der Waals surface area contributed by atoms with E-state index in [4.69, 9.17) is 9.47 Å². The van der Waals surface area contributed by atoms with Crippen LogP contribution in [0.4, 0.5) is 0 Å². The van der Waals surface area contributed by atoms with E-state index >= 15 is 0 Å². The molecule has 0 aromatic rings. The van der Waals surface area contributed by atoms with Gasteiger partial charge in [0.2, 0.25) is 0 Å². The average molecular weight is 194 g/mol. The van der Waals surface area contributed by atoms with Gasteiger partial charge in [0, 0.05) is 0 Å². The lowest BCUT2D eigenvalue weighted by Gasteiger charge is -2.13. The van der Waals surface area contributed by atoms with Gasteiger partial charge >= 0.3 is 5.97 Å². The van der Waals surface area contributed by atoms with Crippen LogP contribution in [0, 0.1) is 5.92 Å². The van der Waals surface area contributed by atoms with Crippen molar-refractivity contribution >= 4 is 5.97 Å². The van der Waals surface area contributed by atoms with Crippen molar-refractivity contribution in [2.45, 2.75) is 6.92 Å². The van der Waals surface area contributed by atoms with Gasteiger partial charge in [-0.25, -0.2) is 0 Å². The molecule has 0 saturated carbocycles. The van der Waals surface area contributed by atoms with E-state index in [-0.39, 0.29) is 5.97 Å². The third-order valence-corrected chi connectivity index (χ3v) is 1.87. The summed E-state index contributed by atoms with van der Waals surface area (Å²) < 4.78 is 10.0. The van der Waals surface area contributed by atoms with Gasteiger partial charge in [-0.3, -0.25) is 4.79 Å². The molecule has 0 bridgehead atoms. The average Bonchev–Trinajstić information content (AvgIpc) is 2.42. The van der Waals surface area contributed by atoms with Gasteiger partial charge in [-0.15, -0.1) is 0 Å². The molecular weight excluding hydrogens is 180 g/mol. The number of carbonyl (C=O) groups excluding carboxylic acids is 1. The van der Waals surface area contributed by atoms with Gasteiger partial charge in [-0.1, -0.05) is 24.3 Å². The maximum absolute atomic E-state index is 11.5. The Morgan fingerprint density at radius 3 is 2.86 bits per heavy atom. The summed E-state index contributed by atoms with van der Waals surface area (Å²) in [5.74, 6) is -0.0936. The molecule has 0 N–H and O–H groups in total. The van der Waals surface area contributed by atoms with Gasteiger partial charge in [0.25, 0.3) is 0 Å². The third-order valence-electron chi connectivity index (χ3n) is 1.87. The smallest absolute Gasteiger partial charge is 0.320 e. The predicted octanol–water partition coefficient (Wildman–Crippen LogP) is 1.82. The Morgan fingerprint density at radius 1 is 1.43 bits per heavy atom. The number of allylic oxidation sites excluding steroid dienone is 4. The molecule has 0 fully saturated rings. The Labute approximate surface area is 83.7 Å². The zero-order valence-corrected chi connectivity index (χ0v) is 8.40. The number of methoxy groups -OCH3 is 1. The quantitative estimate of drug-likeness (QED) is 0.643. The van der Waals surface area contributed by atoms with Crippen molar-refractivity contribution in [1.82, 2.24) is 0 Å². The lowest BCUT2D eigenvalue weighted by atomic mass is 10.1. The highest BCUT2D eigenvalue weighted by molar-refractivity contribution is 5.77. The normalized spacial score (nSPS) is 19.9. The molecule has 3 heteroatoms. The Kier molecular flexibility index (Phi) is 3.98. The van der Waals surface area contributed by atoms with E-state index in [1.165, 1.54) is 0 Å². The summed E-state index contributed by atoms with van der Waals surface area (Å²) in [6.45, 7) is 2.17. The van der Waals surface area contributed by atoms with Crippen molar-refractivity contribution in [2.24, 2.45) is 5.92 Å². The molecule has 1 aliphatic rings. The summed E-state index contributed by atoms with van der Waals surface area (Å²) in [5.41, 5.74) is 0. The number of carbonyl (C=O) groups is 1. The van der Waals surface area contributed by atoms with Crippen molar-refractivity contribution in [3.8, 4) is 0 Å². The van der Waals surface area contributed by atoms with Gasteiger partial charge in [0.1, 0.15) is 11.7 Å². The van der Waals surface area contributed by atoms with Crippen LogP contribution in [0.5, 0.6) is 0 Å². The molecule has 14 heavy (non-hydrogen) atoms. The number of esters is 1. The van der Waals surface area contributed by atoms with Gasteiger partial charge in [0.15, 0.2) is 0 Å². The summed E-state index contributed by atoms with van der Waals surface area (Å²) in [6, 6.07) is 0. The third kappa shape index (κ3) is 2.49. The minimum absolute atomic E-state index is 0.277. The zero-order chi connectivity index (χ0) is 10.4. The second-order valence-corrected chi connectivity index (χ2v) is 2.77. The summed E-state index contributed by atoms with van der Waals surface area (Å²) in [5, 5.41) is 0. The maximum Gasteiger partial charge on any atom is 0.320 e. The number of rotatable bonds is 3. The molecule has 0 aromatic heterocycles. The van der Waals surface area contributed by atoms with Gasteiger partial charge in [-0.05, 0) is 13.0 Å². The molecular formula is C11H14O3. The molecule has 0 spiro atoms. The summed E-state index contributed by atoms with van der Waals surface area (Å²) >= 11 is 0. The van der Waals surface area contributed by atoms with Crippen molar-refractivity contribution in [3.05, 3.63) is 36.1 Å². The molecule has 76 valence electrons.